The van der Waals surface area contributed by atoms with Crippen molar-refractivity contribution in [2.75, 3.05) is 5.34 Å². The van der Waals surface area contributed by atoms with E-state index in [2.05, 4.69) is 0 Å². The zero-order valence-electron chi connectivity index (χ0n) is 1.76. The second-order valence-electron chi connectivity index (χ2n) is 0.101. The number of rotatable bonds is 0. The quantitative estimate of drug-likeness (QED) is 0.403. The predicted octanol–water partition coefficient (Wildman–Crippen LogP) is 1.42. The van der Waals surface area contributed by atoms with Crippen LogP contribution in [0.5, 0.6) is 0 Å². The van der Waals surface area contributed by atoms with Crippen LogP contribution in [0.1, 0.15) is 0 Å². The summed E-state index contributed by atoms with van der Waals surface area (Å²) in [5.41, 5.74) is 0. The normalized spacial score (nSPS) is 4.50. The molecule has 1 radical (unpaired) electrons. The van der Waals surface area contributed by atoms with E-state index >= 15 is 0 Å². The van der Waals surface area contributed by atoms with Crippen LogP contribution in [-0.2, 0) is 22.4 Å². The Labute approximate surface area is 51.0 Å². The van der Waals surface area contributed by atoms with Crippen molar-refractivity contribution < 1.29 is 22.4 Å². The molecule has 0 aliphatic carbocycles. The van der Waals surface area contributed by atoms with Crippen molar-refractivity contribution in [3.05, 3.63) is 0 Å². The van der Waals surface area contributed by atoms with Crippen LogP contribution in [0.15, 0.2) is 0 Å². The Kier molecular flexibility index (Phi) is 19.9. The van der Waals surface area contributed by atoms with Gasteiger partial charge in [0.2, 0.25) is 0 Å². The third-order valence-electron chi connectivity index (χ3n) is 0. The third kappa shape index (κ3) is 10.3. The Morgan fingerprint density at radius 1 is 1.25 bits per heavy atom. The fraction of sp³-hybridized carbons (Fsp3) is 1.00. The van der Waals surface area contributed by atoms with Gasteiger partial charge < -0.3 is 0 Å². The molecule has 0 aliphatic rings. The van der Waals surface area contributed by atoms with Gasteiger partial charge in [0.25, 0.3) is 0 Å². The molecule has 0 saturated heterocycles. The molecule has 0 heterocycles. The van der Waals surface area contributed by atoms with Crippen molar-refractivity contribution in [1.82, 2.24) is 0 Å². The van der Waals surface area contributed by atoms with Gasteiger partial charge in [0.05, 0.1) is 5.34 Å². The maximum Gasteiger partial charge on any atom is 0.0967 e. The summed E-state index contributed by atoms with van der Waals surface area (Å²) in [5, 5.41) is 0.194. The molecule has 0 bridgehead atoms. The fourth-order valence-electron chi connectivity index (χ4n) is 0. The Balaban J connectivity index is 0. The van der Waals surface area contributed by atoms with E-state index in [4.69, 9.17) is 23.2 Å². The molecule has 0 spiro atoms. The van der Waals surface area contributed by atoms with Gasteiger partial charge in [-0.05, 0) is 0 Å². The molecule has 0 atom stereocenters. The molecular formula is CH2AgCl2. The van der Waals surface area contributed by atoms with E-state index in [0.29, 0.717) is 0 Å². The molecule has 0 unspecified atom stereocenters. The number of hydrogen-bond donors (Lipinski definition) is 0. The van der Waals surface area contributed by atoms with Gasteiger partial charge in [0.15, 0.2) is 0 Å². The molecule has 31 valence electrons. The van der Waals surface area contributed by atoms with Crippen LogP contribution in [-0.4, -0.2) is 5.34 Å². The average Bonchev–Trinajstić information content (AvgIpc) is 0.918. The Bertz CT molecular complexity index is 6.00. The van der Waals surface area contributed by atoms with Crippen molar-refractivity contribution in [2.24, 2.45) is 0 Å². The maximum atomic E-state index is 4.76. The molecule has 0 saturated carbocycles. The van der Waals surface area contributed by atoms with Crippen LogP contribution in [0.4, 0.5) is 0 Å². The average molecular weight is 193 g/mol. The van der Waals surface area contributed by atoms with Gasteiger partial charge >= 0.3 is 0 Å². The maximum absolute atomic E-state index is 4.76. The van der Waals surface area contributed by atoms with Gasteiger partial charge in [0, 0.05) is 22.4 Å². The first-order chi connectivity index (χ1) is 1.41. The van der Waals surface area contributed by atoms with Crippen molar-refractivity contribution >= 4 is 23.2 Å². The molecule has 0 aromatic rings. The fourth-order valence-corrected chi connectivity index (χ4v) is 0. The van der Waals surface area contributed by atoms with E-state index in [1.54, 1.807) is 0 Å². The van der Waals surface area contributed by atoms with Crippen LogP contribution < -0.4 is 0 Å². The molecule has 3 heteroatoms. The number of halogens is 2. The largest absolute Gasteiger partial charge is 0.109 e. The van der Waals surface area contributed by atoms with Crippen LogP contribution >= 0.6 is 23.2 Å². The molecule has 0 amide bonds. The minimum atomic E-state index is 0. The molecule has 4 heavy (non-hydrogen) atoms. The van der Waals surface area contributed by atoms with Gasteiger partial charge in [-0.2, -0.15) is 0 Å². The molecule has 0 aromatic carbocycles. The van der Waals surface area contributed by atoms with E-state index in [1.165, 1.54) is 0 Å². The van der Waals surface area contributed by atoms with E-state index in [0.717, 1.165) is 0 Å². The van der Waals surface area contributed by atoms with Crippen LogP contribution in [0.25, 0.3) is 0 Å². The summed E-state index contributed by atoms with van der Waals surface area (Å²) in [6.45, 7) is 0. The van der Waals surface area contributed by atoms with Crippen molar-refractivity contribution in [3.63, 3.8) is 0 Å². The number of hydrogen-bond acceptors (Lipinski definition) is 0. The molecular weight excluding hydrogens is 191 g/mol. The van der Waals surface area contributed by atoms with E-state index < -0.39 is 0 Å². The minimum Gasteiger partial charge on any atom is -0.109 e. The SMILES string of the molecule is ClCCl.[Ag]. The molecule has 0 rings (SSSR count). The Morgan fingerprint density at radius 2 is 1.25 bits per heavy atom. The van der Waals surface area contributed by atoms with E-state index in [9.17, 15) is 0 Å². The smallest absolute Gasteiger partial charge is 0.0967 e. The first kappa shape index (κ1) is 9.01. The second kappa shape index (κ2) is 8.85. The molecule has 0 aromatic heterocycles. The molecule has 0 fully saturated rings. The summed E-state index contributed by atoms with van der Waals surface area (Å²) in [6, 6.07) is 0. The first-order valence-electron chi connectivity index (χ1n) is 0.535. The van der Waals surface area contributed by atoms with Crippen LogP contribution in [0.2, 0.25) is 0 Å². The van der Waals surface area contributed by atoms with Gasteiger partial charge in [-0.15, -0.1) is 23.2 Å². The van der Waals surface area contributed by atoms with Crippen LogP contribution in [0, 0.1) is 0 Å². The minimum absolute atomic E-state index is 0. The molecule has 0 nitrogen and oxygen atoms in total. The molecule has 0 aliphatic heterocycles. The zero-order valence-corrected chi connectivity index (χ0v) is 4.76. The summed E-state index contributed by atoms with van der Waals surface area (Å²) in [6.07, 6.45) is 0. The monoisotopic (exact) mass is 191 g/mol. The molecule has 0 N–H and O–H groups in total. The third-order valence-corrected chi connectivity index (χ3v) is 0. The van der Waals surface area contributed by atoms with E-state index in [-0.39, 0.29) is 27.7 Å². The second-order valence-corrected chi connectivity index (χ2v) is 0.909. The predicted molar refractivity (Wildman–Crippen MR) is 16.6 cm³/mol. The van der Waals surface area contributed by atoms with Gasteiger partial charge in [-0.1, -0.05) is 0 Å². The Hall–Kier alpha value is 1.32. The van der Waals surface area contributed by atoms with Gasteiger partial charge in [0.1, 0.15) is 0 Å². The van der Waals surface area contributed by atoms with Crippen molar-refractivity contribution in [2.45, 2.75) is 0 Å². The summed E-state index contributed by atoms with van der Waals surface area (Å²) >= 11 is 9.53. The van der Waals surface area contributed by atoms with Gasteiger partial charge in [-0.3, -0.25) is 0 Å². The van der Waals surface area contributed by atoms with Crippen molar-refractivity contribution in [3.8, 4) is 0 Å². The van der Waals surface area contributed by atoms with Crippen LogP contribution in [0.3, 0.4) is 0 Å². The standard InChI is InChI=1S/CH2Cl2.Ag/c2-1-3;/h1H2;. The Morgan fingerprint density at radius 3 is 1.25 bits per heavy atom. The zero-order chi connectivity index (χ0) is 2.71. The summed E-state index contributed by atoms with van der Waals surface area (Å²) in [7, 11) is 0. The summed E-state index contributed by atoms with van der Waals surface area (Å²) in [5.74, 6) is 0. The van der Waals surface area contributed by atoms with E-state index in [1.807, 2.05) is 0 Å². The summed E-state index contributed by atoms with van der Waals surface area (Å²) < 4.78 is 0. The number of alkyl halides is 2. The first-order valence-corrected chi connectivity index (χ1v) is 1.60. The topological polar surface area (TPSA) is 0 Å². The van der Waals surface area contributed by atoms with Gasteiger partial charge in [-0.25, -0.2) is 0 Å². The summed E-state index contributed by atoms with van der Waals surface area (Å²) in [4.78, 5) is 0. The van der Waals surface area contributed by atoms with Crippen molar-refractivity contribution in [1.29, 1.82) is 0 Å².